The molecule has 1 aromatic heterocycles. The zero-order valence-electron chi connectivity index (χ0n) is 11.2. The Morgan fingerprint density at radius 3 is 2.80 bits per heavy atom. The van der Waals surface area contributed by atoms with Crippen LogP contribution in [-0.4, -0.2) is 35.8 Å². The van der Waals surface area contributed by atoms with Crippen molar-refractivity contribution < 1.29 is 9.84 Å². The van der Waals surface area contributed by atoms with Gasteiger partial charge in [-0.3, -0.25) is 0 Å². The van der Waals surface area contributed by atoms with Crippen LogP contribution < -0.4 is 11.1 Å². The highest BCUT2D eigenvalue weighted by atomic mass is 32.1. The summed E-state index contributed by atoms with van der Waals surface area (Å²) < 4.78 is 9.43. The van der Waals surface area contributed by atoms with E-state index in [9.17, 15) is 0 Å². The zero-order valence-corrected chi connectivity index (χ0v) is 12.0. The number of nitrogens with two attached hydrogens (primary N) is 1. The third-order valence-electron chi connectivity index (χ3n) is 2.77. The highest BCUT2D eigenvalue weighted by Gasteiger charge is 2.12. The van der Waals surface area contributed by atoms with E-state index in [0.29, 0.717) is 19.0 Å². The number of rotatable bonds is 8. The summed E-state index contributed by atoms with van der Waals surface area (Å²) in [6, 6.07) is 9.99. The van der Waals surface area contributed by atoms with E-state index in [0.717, 1.165) is 29.1 Å². The minimum Gasteiger partial charge on any atom is -0.394 e. The Hall–Kier alpha value is -1.63. The maximum Gasteiger partial charge on any atom is 0.147 e. The third kappa shape index (κ3) is 3.93. The minimum atomic E-state index is 0.0664. The average molecular weight is 293 g/mol. The van der Waals surface area contributed by atoms with Crippen molar-refractivity contribution in [2.75, 3.05) is 37.4 Å². The number of ether oxygens (including phenoxy) is 1. The van der Waals surface area contributed by atoms with Crippen LogP contribution in [0.1, 0.15) is 6.42 Å². The fourth-order valence-corrected chi connectivity index (χ4v) is 2.61. The molecule has 0 aliphatic heterocycles. The van der Waals surface area contributed by atoms with E-state index in [1.165, 1.54) is 11.5 Å². The van der Waals surface area contributed by atoms with Crippen molar-refractivity contribution in [3.05, 3.63) is 30.3 Å². The number of aromatic nitrogens is 1. The summed E-state index contributed by atoms with van der Waals surface area (Å²) in [6.07, 6.45) is 0.867. The Bertz CT molecular complexity index is 516. The van der Waals surface area contributed by atoms with Gasteiger partial charge < -0.3 is 20.9 Å². The number of anilines is 2. The van der Waals surface area contributed by atoms with Gasteiger partial charge in [0.15, 0.2) is 0 Å². The fourth-order valence-electron chi connectivity index (χ4n) is 1.85. The lowest BCUT2D eigenvalue weighted by Gasteiger charge is -2.07. The quantitative estimate of drug-likeness (QED) is 0.650. The molecule has 5 nitrogen and oxygen atoms in total. The van der Waals surface area contributed by atoms with E-state index in [1.54, 1.807) is 0 Å². The zero-order chi connectivity index (χ0) is 14.2. The van der Waals surface area contributed by atoms with Crippen LogP contribution in [0.15, 0.2) is 30.3 Å². The number of nitrogen functional groups attached to an aromatic ring is 1. The first-order chi connectivity index (χ1) is 9.83. The van der Waals surface area contributed by atoms with Crippen LogP contribution in [0, 0.1) is 0 Å². The van der Waals surface area contributed by atoms with Gasteiger partial charge in [-0.15, -0.1) is 0 Å². The third-order valence-corrected chi connectivity index (χ3v) is 3.59. The van der Waals surface area contributed by atoms with Gasteiger partial charge in [0.05, 0.1) is 18.8 Å². The lowest BCUT2D eigenvalue weighted by atomic mass is 10.1. The van der Waals surface area contributed by atoms with E-state index in [-0.39, 0.29) is 6.61 Å². The Labute approximate surface area is 122 Å². The van der Waals surface area contributed by atoms with Gasteiger partial charge in [0.1, 0.15) is 10.8 Å². The van der Waals surface area contributed by atoms with Crippen LogP contribution in [-0.2, 0) is 4.74 Å². The smallest absolute Gasteiger partial charge is 0.147 e. The maximum atomic E-state index is 8.60. The highest BCUT2D eigenvalue weighted by molar-refractivity contribution is 7.11. The second-order valence-corrected chi connectivity index (χ2v) is 5.03. The molecule has 0 aliphatic carbocycles. The van der Waals surface area contributed by atoms with Crippen molar-refractivity contribution in [3.8, 4) is 11.1 Å². The first kappa shape index (κ1) is 14.8. The van der Waals surface area contributed by atoms with Crippen molar-refractivity contribution in [1.29, 1.82) is 0 Å². The second kappa shape index (κ2) is 7.84. The molecule has 4 N–H and O–H groups in total. The Kier molecular flexibility index (Phi) is 5.79. The molecule has 0 radical (unpaired) electrons. The first-order valence-corrected chi connectivity index (χ1v) is 7.33. The lowest BCUT2D eigenvalue weighted by molar-refractivity contribution is 0.0922. The predicted molar refractivity (Wildman–Crippen MR) is 83.0 cm³/mol. The maximum absolute atomic E-state index is 8.60. The van der Waals surface area contributed by atoms with Gasteiger partial charge in [-0.05, 0) is 23.5 Å². The summed E-state index contributed by atoms with van der Waals surface area (Å²) in [4.78, 5) is 0. The van der Waals surface area contributed by atoms with Crippen LogP contribution in [0.25, 0.3) is 11.1 Å². The van der Waals surface area contributed by atoms with Crippen molar-refractivity contribution >= 4 is 22.4 Å². The molecule has 0 saturated heterocycles. The van der Waals surface area contributed by atoms with Gasteiger partial charge in [-0.25, -0.2) is 0 Å². The Balaban J connectivity index is 1.93. The van der Waals surface area contributed by atoms with Crippen molar-refractivity contribution in [2.24, 2.45) is 0 Å². The monoisotopic (exact) mass is 293 g/mol. The number of nitrogens with one attached hydrogen (secondary N) is 1. The van der Waals surface area contributed by atoms with Gasteiger partial charge in [0.25, 0.3) is 0 Å². The largest absolute Gasteiger partial charge is 0.394 e. The summed E-state index contributed by atoms with van der Waals surface area (Å²) in [7, 11) is 0. The highest BCUT2D eigenvalue weighted by Crippen LogP contribution is 2.36. The van der Waals surface area contributed by atoms with Crippen LogP contribution in [0.5, 0.6) is 0 Å². The topological polar surface area (TPSA) is 80.4 Å². The molecule has 0 fully saturated rings. The van der Waals surface area contributed by atoms with E-state index >= 15 is 0 Å². The molecule has 20 heavy (non-hydrogen) atoms. The van der Waals surface area contributed by atoms with E-state index in [4.69, 9.17) is 15.6 Å². The number of hydrogen-bond acceptors (Lipinski definition) is 6. The summed E-state index contributed by atoms with van der Waals surface area (Å²) in [5.74, 6) is 0.556. The second-order valence-electron chi connectivity index (χ2n) is 4.25. The molecule has 1 heterocycles. The van der Waals surface area contributed by atoms with E-state index in [2.05, 4.69) is 9.69 Å². The summed E-state index contributed by atoms with van der Waals surface area (Å²) in [5, 5.41) is 12.9. The molecule has 2 aromatic rings. The SMILES string of the molecule is Nc1nsc(NCCCOCCO)c1-c1ccccc1. The molecule has 6 heteroatoms. The van der Waals surface area contributed by atoms with Crippen LogP contribution in [0.4, 0.5) is 10.8 Å². The molecule has 0 amide bonds. The van der Waals surface area contributed by atoms with E-state index in [1.807, 2.05) is 30.3 Å². The summed E-state index contributed by atoms with van der Waals surface area (Å²) in [6.45, 7) is 1.87. The number of hydrogen-bond donors (Lipinski definition) is 3. The molecule has 0 atom stereocenters. The van der Waals surface area contributed by atoms with Crippen molar-refractivity contribution in [2.45, 2.75) is 6.42 Å². The molecule has 0 bridgehead atoms. The lowest BCUT2D eigenvalue weighted by Crippen LogP contribution is -2.07. The average Bonchev–Trinajstić information content (AvgIpc) is 2.84. The molecule has 0 saturated carbocycles. The minimum absolute atomic E-state index is 0.0664. The van der Waals surface area contributed by atoms with Gasteiger partial charge in [0.2, 0.25) is 0 Å². The summed E-state index contributed by atoms with van der Waals surface area (Å²) in [5.41, 5.74) is 7.98. The normalized spacial score (nSPS) is 10.7. The number of benzene rings is 1. The molecular weight excluding hydrogens is 274 g/mol. The summed E-state index contributed by atoms with van der Waals surface area (Å²) >= 11 is 1.37. The number of nitrogens with zero attached hydrogens (tertiary/aromatic N) is 1. The first-order valence-electron chi connectivity index (χ1n) is 6.56. The molecule has 108 valence electrons. The van der Waals surface area contributed by atoms with Crippen LogP contribution in [0.3, 0.4) is 0 Å². The molecule has 0 spiro atoms. The van der Waals surface area contributed by atoms with Crippen molar-refractivity contribution in [3.63, 3.8) is 0 Å². The van der Waals surface area contributed by atoms with Gasteiger partial charge in [-0.1, -0.05) is 30.3 Å². The van der Waals surface area contributed by atoms with Crippen LogP contribution in [0.2, 0.25) is 0 Å². The molecule has 1 aromatic carbocycles. The number of aliphatic hydroxyl groups is 1. The Morgan fingerprint density at radius 1 is 1.25 bits per heavy atom. The number of aliphatic hydroxyl groups excluding tert-OH is 1. The van der Waals surface area contributed by atoms with Crippen molar-refractivity contribution in [1.82, 2.24) is 4.37 Å². The predicted octanol–water partition coefficient (Wildman–Crippen LogP) is 2.20. The van der Waals surface area contributed by atoms with Gasteiger partial charge in [0, 0.05) is 13.2 Å². The van der Waals surface area contributed by atoms with Crippen LogP contribution >= 0.6 is 11.5 Å². The fraction of sp³-hybridized carbons (Fsp3) is 0.357. The standard InChI is InChI=1S/C14H19N3O2S/c15-13-12(11-5-2-1-3-6-11)14(20-17-13)16-7-4-9-19-10-8-18/h1-3,5-6,16,18H,4,7-10H2,(H2,15,17). The molecular formula is C14H19N3O2S. The van der Waals surface area contributed by atoms with Gasteiger partial charge >= 0.3 is 0 Å². The van der Waals surface area contributed by atoms with E-state index < -0.39 is 0 Å². The molecule has 0 aliphatic rings. The Morgan fingerprint density at radius 2 is 2.05 bits per heavy atom. The molecule has 2 rings (SSSR count). The van der Waals surface area contributed by atoms with Gasteiger partial charge in [-0.2, -0.15) is 4.37 Å². The molecule has 0 unspecified atom stereocenters.